The van der Waals surface area contributed by atoms with Gasteiger partial charge in [-0.3, -0.25) is 0 Å². The number of aliphatic hydroxyl groups excluding tert-OH is 6. The van der Waals surface area contributed by atoms with Crippen molar-refractivity contribution in [2.45, 2.75) is 24.4 Å². The van der Waals surface area contributed by atoms with Crippen LogP contribution in [0, 0.1) is 0 Å². The summed E-state index contributed by atoms with van der Waals surface area (Å²) in [4.78, 5) is 1.70. The largest absolute Gasteiger partial charge is 0.489 e. The van der Waals surface area contributed by atoms with Crippen molar-refractivity contribution >= 4 is 24.0 Å². The number of ether oxygens (including phenoxy) is 1. The van der Waals surface area contributed by atoms with E-state index in [0.29, 0.717) is 29.4 Å². The number of nitrogens with two attached hydrogens (primary N) is 1. The molecule has 0 amide bonds. The zero-order valence-electron chi connectivity index (χ0n) is 14.3. The van der Waals surface area contributed by atoms with Crippen molar-refractivity contribution < 1.29 is 35.4 Å². The van der Waals surface area contributed by atoms with E-state index in [2.05, 4.69) is 12.6 Å². The van der Waals surface area contributed by atoms with Crippen molar-refractivity contribution in [2.24, 2.45) is 0 Å². The second kappa shape index (κ2) is 11.4. The maximum Gasteiger partial charge on any atom is 0.144 e. The molecule has 1 rings (SSSR count). The van der Waals surface area contributed by atoms with Gasteiger partial charge in [0.1, 0.15) is 30.7 Å². The SMILES string of the molecule is Nc1ccc(N(CCS)CC(O)C(O)C(O)C(O)CO)cc1OCCO. The molecular formula is C16H28N2O7S. The minimum atomic E-state index is -1.69. The van der Waals surface area contributed by atoms with Crippen LogP contribution in [0.3, 0.4) is 0 Å². The first kappa shape index (κ1) is 22.8. The molecule has 4 unspecified atom stereocenters. The molecule has 0 fully saturated rings. The monoisotopic (exact) mass is 392 g/mol. The van der Waals surface area contributed by atoms with Crippen LogP contribution in [-0.4, -0.2) is 93.7 Å². The molecule has 0 heterocycles. The Morgan fingerprint density at radius 3 is 2.31 bits per heavy atom. The Morgan fingerprint density at radius 2 is 1.73 bits per heavy atom. The molecule has 1 aromatic rings. The molecule has 150 valence electrons. The first-order valence-electron chi connectivity index (χ1n) is 8.17. The molecule has 0 saturated heterocycles. The van der Waals surface area contributed by atoms with Gasteiger partial charge in [-0.25, -0.2) is 0 Å². The molecule has 0 spiro atoms. The molecule has 0 bridgehead atoms. The number of nitrogen functional groups attached to an aromatic ring is 1. The fourth-order valence-electron chi connectivity index (χ4n) is 2.34. The molecule has 9 nitrogen and oxygen atoms in total. The zero-order valence-corrected chi connectivity index (χ0v) is 15.2. The number of thiol groups is 1. The van der Waals surface area contributed by atoms with E-state index in [9.17, 15) is 20.4 Å². The van der Waals surface area contributed by atoms with E-state index in [1.54, 1.807) is 23.1 Å². The van der Waals surface area contributed by atoms with Crippen LogP contribution in [0.4, 0.5) is 11.4 Å². The Hall–Kier alpha value is -1.27. The molecule has 8 N–H and O–H groups in total. The van der Waals surface area contributed by atoms with Gasteiger partial charge >= 0.3 is 0 Å². The van der Waals surface area contributed by atoms with Gasteiger partial charge in [-0.1, -0.05) is 0 Å². The molecule has 0 aliphatic rings. The number of hydrogen-bond donors (Lipinski definition) is 8. The number of nitrogens with zero attached hydrogens (tertiary/aromatic N) is 1. The third-order valence-corrected chi connectivity index (χ3v) is 4.01. The Labute approximate surface area is 157 Å². The molecule has 10 heteroatoms. The first-order valence-corrected chi connectivity index (χ1v) is 8.81. The molecular weight excluding hydrogens is 364 g/mol. The molecule has 4 atom stereocenters. The predicted octanol–water partition coefficient (Wildman–Crippen LogP) is -2.19. The van der Waals surface area contributed by atoms with Gasteiger partial charge in [0, 0.05) is 30.6 Å². The van der Waals surface area contributed by atoms with Crippen LogP contribution in [0.25, 0.3) is 0 Å². The van der Waals surface area contributed by atoms with Gasteiger partial charge in [-0.2, -0.15) is 12.6 Å². The van der Waals surface area contributed by atoms with Crippen LogP contribution in [0.1, 0.15) is 0 Å². The topological polar surface area (TPSA) is 160 Å². The summed E-state index contributed by atoms with van der Waals surface area (Å²) in [5.41, 5.74) is 6.84. The summed E-state index contributed by atoms with van der Waals surface area (Å²) in [6.45, 7) is -0.489. The van der Waals surface area contributed by atoms with E-state index in [-0.39, 0.29) is 19.8 Å². The highest BCUT2D eigenvalue weighted by atomic mass is 32.1. The van der Waals surface area contributed by atoms with Crippen molar-refractivity contribution in [1.82, 2.24) is 0 Å². The normalized spacial score (nSPS) is 16.0. The molecule has 0 aromatic heterocycles. The van der Waals surface area contributed by atoms with Crippen molar-refractivity contribution in [3.05, 3.63) is 18.2 Å². The lowest BCUT2D eigenvalue weighted by Gasteiger charge is -2.31. The smallest absolute Gasteiger partial charge is 0.144 e. The molecule has 0 radical (unpaired) electrons. The second-order valence-electron chi connectivity index (χ2n) is 5.76. The van der Waals surface area contributed by atoms with Crippen molar-refractivity contribution in [2.75, 3.05) is 49.3 Å². The first-order chi connectivity index (χ1) is 12.3. The van der Waals surface area contributed by atoms with Crippen LogP contribution in [0.15, 0.2) is 18.2 Å². The molecule has 0 aliphatic carbocycles. The minimum Gasteiger partial charge on any atom is -0.489 e. The number of anilines is 2. The summed E-state index contributed by atoms with van der Waals surface area (Å²) in [5, 5.41) is 57.0. The van der Waals surface area contributed by atoms with Crippen molar-refractivity contribution in [1.29, 1.82) is 0 Å². The highest BCUT2D eigenvalue weighted by molar-refractivity contribution is 7.80. The van der Waals surface area contributed by atoms with E-state index < -0.39 is 31.0 Å². The number of aliphatic hydroxyl groups is 6. The van der Waals surface area contributed by atoms with E-state index in [1.165, 1.54) is 0 Å². The average molecular weight is 392 g/mol. The lowest BCUT2D eigenvalue weighted by atomic mass is 10.0. The summed E-state index contributed by atoms with van der Waals surface area (Å²) in [7, 11) is 0. The van der Waals surface area contributed by atoms with Crippen LogP contribution >= 0.6 is 12.6 Å². The lowest BCUT2D eigenvalue weighted by molar-refractivity contribution is -0.112. The molecule has 0 saturated carbocycles. The minimum absolute atomic E-state index is 0.0692. The van der Waals surface area contributed by atoms with Crippen LogP contribution in [-0.2, 0) is 0 Å². The van der Waals surface area contributed by atoms with Crippen molar-refractivity contribution in [3.8, 4) is 5.75 Å². The average Bonchev–Trinajstić information content (AvgIpc) is 2.65. The fraction of sp³-hybridized carbons (Fsp3) is 0.625. The molecule has 0 aliphatic heterocycles. The summed E-state index contributed by atoms with van der Waals surface area (Å²) in [6, 6.07) is 4.94. The maximum absolute atomic E-state index is 10.2. The van der Waals surface area contributed by atoms with Gasteiger partial charge in [-0.15, -0.1) is 0 Å². The number of rotatable bonds is 12. The van der Waals surface area contributed by atoms with E-state index >= 15 is 0 Å². The quantitative estimate of drug-likeness (QED) is 0.146. The summed E-state index contributed by atoms with van der Waals surface area (Å²) >= 11 is 4.18. The van der Waals surface area contributed by atoms with Gasteiger partial charge in [0.05, 0.1) is 25.0 Å². The van der Waals surface area contributed by atoms with Crippen LogP contribution in [0.5, 0.6) is 5.75 Å². The standard InChI is InChI=1S/C16H28N2O7S/c17-11-2-1-10(7-14(11)25-5-4-19)18(3-6-26)8-12(21)15(23)16(24)13(22)9-20/h1-2,7,12-13,15-16,19-24,26H,3-6,8-9,17H2. The third kappa shape index (κ3) is 6.47. The number of hydrogen-bond acceptors (Lipinski definition) is 10. The Bertz CT molecular complexity index is 537. The van der Waals surface area contributed by atoms with Gasteiger partial charge in [0.2, 0.25) is 0 Å². The van der Waals surface area contributed by atoms with Gasteiger partial charge in [0.15, 0.2) is 0 Å². The predicted molar refractivity (Wildman–Crippen MR) is 101 cm³/mol. The van der Waals surface area contributed by atoms with Gasteiger partial charge in [-0.05, 0) is 12.1 Å². The highest BCUT2D eigenvalue weighted by Gasteiger charge is 2.31. The Kier molecular flexibility index (Phi) is 10.0. The number of benzene rings is 1. The highest BCUT2D eigenvalue weighted by Crippen LogP contribution is 2.28. The summed E-state index contributed by atoms with van der Waals surface area (Å²) in [5.74, 6) is 0.813. The molecule has 1 aromatic carbocycles. The van der Waals surface area contributed by atoms with Gasteiger partial charge < -0.3 is 46.0 Å². The van der Waals surface area contributed by atoms with Gasteiger partial charge in [0.25, 0.3) is 0 Å². The summed E-state index contributed by atoms with van der Waals surface area (Å²) < 4.78 is 5.36. The van der Waals surface area contributed by atoms with Crippen molar-refractivity contribution in [3.63, 3.8) is 0 Å². The zero-order chi connectivity index (χ0) is 19.7. The lowest BCUT2D eigenvalue weighted by Crippen LogP contribution is -2.50. The Balaban J connectivity index is 2.91. The second-order valence-corrected chi connectivity index (χ2v) is 6.21. The summed E-state index contributed by atoms with van der Waals surface area (Å²) in [6.07, 6.45) is -6.31. The maximum atomic E-state index is 10.2. The van der Waals surface area contributed by atoms with Crippen LogP contribution in [0.2, 0.25) is 0 Å². The third-order valence-electron chi connectivity index (χ3n) is 3.81. The molecule has 26 heavy (non-hydrogen) atoms. The van der Waals surface area contributed by atoms with E-state index in [0.717, 1.165) is 0 Å². The fourth-order valence-corrected chi connectivity index (χ4v) is 2.59. The van der Waals surface area contributed by atoms with E-state index in [1.807, 2.05) is 0 Å². The van der Waals surface area contributed by atoms with Crippen LogP contribution < -0.4 is 15.4 Å². The van der Waals surface area contributed by atoms with E-state index in [4.69, 9.17) is 20.7 Å². The Morgan fingerprint density at radius 1 is 1.08 bits per heavy atom.